The van der Waals surface area contributed by atoms with Gasteiger partial charge in [-0.25, -0.2) is 0 Å². The fourth-order valence-corrected chi connectivity index (χ4v) is 2.31. The summed E-state index contributed by atoms with van der Waals surface area (Å²) >= 11 is 0. The van der Waals surface area contributed by atoms with Gasteiger partial charge in [-0.1, -0.05) is 45.2 Å². The molecule has 2 heteroatoms. The second kappa shape index (κ2) is 8.98. The number of aliphatic hydroxyl groups is 1. The molecule has 0 radical (unpaired) electrons. The van der Waals surface area contributed by atoms with Crippen molar-refractivity contribution in [3.05, 3.63) is 29.3 Å². The summed E-state index contributed by atoms with van der Waals surface area (Å²) in [6.45, 7) is 4.77. The molecule has 19 heavy (non-hydrogen) atoms. The van der Waals surface area contributed by atoms with Crippen molar-refractivity contribution in [2.75, 3.05) is 13.7 Å². The first-order valence-electron chi connectivity index (χ1n) is 7.46. The van der Waals surface area contributed by atoms with Gasteiger partial charge in [0.05, 0.1) is 7.11 Å². The van der Waals surface area contributed by atoms with E-state index in [1.54, 1.807) is 7.11 Å². The third-order valence-electron chi connectivity index (χ3n) is 3.58. The maximum Gasteiger partial charge on any atom is 0.122 e. The number of methoxy groups -OCH3 is 1. The zero-order valence-electron chi connectivity index (χ0n) is 12.6. The van der Waals surface area contributed by atoms with Crippen molar-refractivity contribution >= 4 is 0 Å². The number of hydrogen-bond donors (Lipinski definition) is 1. The lowest BCUT2D eigenvalue weighted by Gasteiger charge is -2.12. The van der Waals surface area contributed by atoms with Crippen LogP contribution in [0.3, 0.4) is 0 Å². The van der Waals surface area contributed by atoms with Crippen molar-refractivity contribution < 1.29 is 9.84 Å². The molecule has 1 aromatic rings. The number of aliphatic hydroxyl groups excluding tert-OH is 1. The molecule has 0 aliphatic rings. The average molecular weight is 264 g/mol. The van der Waals surface area contributed by atoms with E-state index >= 15 is 0 Å². The highest BCUT2D eigenvalue weighted by Crippen LogP contribution is 2.25. The molecule has 1 aromatic carbocycles. The van der Waals surface area contributed by atoms with Gasteiger partial charge in [-0.2, -0.15) is 0 Å². The molecule has 0 fully saturated rings. The van der Waals surface area contributed by atoms with Crippen molar-refractivity contribution in [2.24, 2.45) is 0 Å². The lowest BCUT2D eigenvalue weighted by atomic mass is 9.97. The quantitative estimate of drug-likeness (QED) is 0.674. The Bertz CT molecular complexity index is 358. The molecule has 0 saturated heterocycles. The van der Waals surface area contributed by atoms with Crippen LogP contribution in [0, 0.1) is 0 Å². The second-order valence-electron chi connectivity index (χ2n) is 5.47. The first kappa shape index (κ1) is 16.0. The number of benzene rings is 1. The number of rotatable bonds is 9. The number of ether oxygens (including phenoxy) is 1. The van der Waals surface area contributed by atoms with Crippen molar-refractivity contribution in [3.8, 4) is 5.75 Å². The molecule has 1 rings (SSSR count). The minimum Gasteiger partial charge on any atom is -0.496 e. The van der Waals surface area contributed by atoms with Crippen LogP contribution in [0.4, 0.5) is 0 Å². The van der Waals surface area contributed by atoms with Crippen molar-refractivity contribution in [1.29, 1.82) is 0 Å². The summed E-state index contributed by atoms with van der Waals surface area (Å²) in [4.78, 5) is 0. The normalized spacial score (nSPS) is 11.0. The lowest BCUT2D eigenvalue weighted by Crippen LogP contribution is -1.96. The number of unbranched alkanes of at least 4 members (excludes halogenated alkanes) is 4. The minimum atomic E-state index is 0.324. The molecule has 2 nitrogen and oxygen atoms in total. The lowest BCUT2D eigenvalue weighted by molar-refractivity contribution is 0.282. The molecular weight excluding hydrogens is 236 g/mol. The van der Waals surface area contributed by atoms with Crippen LogP contribution in [-0.4, -0.2) is 18.8 Å². The predicted octanol–water partition coefficient (Wildman–Crippen LogP) is 4.30. The van der Waals surface area contributed by atoms with Crippen molar-refractivity contribution in [3.63, 3.8) is 0 Å². The Morgan fingerprint density at radius 3 is 2.37 bits per heavy atom. The highest BCUT2D eigenvalue weighted by atomic mass is 16.5. The van der Waals surface area contributed by atoms with Gasteiger partial charge in [0.2, 0.25) is 0 Å². The Balaban J connectivity index is 2.48. The zero-order chi connectivity index (χ0) is 14.1. The fourth-order valence-electron chi connectivity index (χ4n) is 2.31. The van der Waals surface area contributed by atoms with Crippen LogP contribution in [0.1, 0.15) is 63.0 Å². The van der Waals surface area contributed by atoms with Crippen LogP contribution < -0.4 is 4.74 Å². The van der Waals surface area contributed by atoms with Gasteiger partial charge in [0, 0.05) is 6.61 Å². The molecular formula is C17H28O2. The monoisotopic (exact) mass is 264 g/mol. The molecule has 0 amide bonds. The highest BCUT2D eigenvalue weighted by Gasteiger charge is 2.06. The number of hydrogen-bond acceptors (Lipinski definition) is 2. The van der Waals surface area contributed by atoms with Crippen molar-refractivity contribution in [1.82, 2.24) is 0 Å². The van der Waals surface area contributed by atoms with E-state index in [9.17, 15) is 0 Å². The van der Waals surface area contributed by atoms with E-state index in [1.807, 2.05) is 0 Å². The summed E-state index contributed by atoms with van der Waals surface area (Å²) < 4.78 is 5.44. The summed E-state index contributed by atoms with van der Waals surface area (Å²) in [7, 11) is 1.75. The molecule has 0 atom stereocenters. The van der Waals surface area contributed by atoms with Crippen LogP contribution in [-0.2, 0) is 6.42 Å². The molecule has 1 N–H and O–H groups in total. The second-order valence-corrected chi connectivity index (χ2v) is 5.47. The van der Waals surface area contributed by atoms with E-state index in [2.05, 4.69) is 32.0 Å². The van der Waals surface area contributed by atoms with E-state index in [0.717, 1.165) is 25.0 Å². The first-order chi connectivity index (χ1) is 9.19. The molecule has 0 spiro atoms. The summed E-state index contributed by atoms with van der Waals surface area (Å²) in [5.74, 6) is 1.58. The first-order valence-corrected chi connectivity index (χ1v) is 7.46. The third kappa shape index (κ3) is 5.65. The largest absolute Gasteiger partial charge is 0.496 e. The average Bonchev–Trinajstić information content (AvgIpc) is 2.42. The zero-order valence-corrected chi connectivity index (χ0v) is 12.6. The minimum absolute atomic E-state index is 0.324. The highest BCUT2D eigenvalue weighted by molar-refractivity contribution is 5.38. The molecule has 0 aromatic heterocycles. The predicted molar refractivity (Wildman–Crippen MR) is 81.0 cm³/mol. The van der Waals surface area contributed by atoms with Gasteiger partial charge in [-0.15, -0.1) is 0 Å². The van der Waals surface area contributed by atoms with Crippen LogP contribution in [0.15, 0.2) is 18.2 Å². The van der Waals surface area contributed by atoms with E-state index < -0.39 is 0 Å². The summed E-state index contributed by atoms with van der Waals surface area (Å²) in [6, 6.07) is 6.54. The maximum absolute atomic E-state index is 8.74. The van der Waals surface area contributed by atoms with Crippen LogP contribution in [0.25, 0.3) is 0 Å². The molecule has 0 aliphatic heterocycles. The van der Waals surface area contributed by atoms with E-state index in [4.69, 9.17) is 9.84 Å². The van der Waals surface area contributed by atoms with Crippen LogP contribution >= 0.6 is 0 Å². The van der Waals surface area contributed by atoms with Gasteiger partial charge in [-0.05, 0) is 42.4 Å². The van der Waals surface area contributed by atoms with Crippen LogP contribution in [0.2, 0.25) is 0 Å². The van der Waals surface area contributed by atoms with Gasteiger partial charge in [0.15, 0.2) is 0 Å². The van der Waals surface area contributed by atoms with E-state index in [0.29, 0.717) is 12.5 Å². The van der Waals surface area contributed by atoms with Crippen molar-refractivity contribution in [2.45, 2.75) is 58.3 Å². The van der Waals surface area contributed by atoms with E-state index in [-0.39, 0.29) is 0 Å². The van der Waals surface area contributed by atoms with E-state index in [1.165, 1.54) is 30.4 Å². The molecule has 0 bridgehead atoms. The molecule has 0 aliphatic carbocycles. The summed E-state index contributed by atoms with van der Waals surface area (Å²) in [5, 5.41) is 8.74. The van der Waals surface area contributed by atoms with Gasteiger partial charge in [0.25, 0.3) is 0 Å². The molecule has 108 valence electrons. The topological polar surface area (TPSA) is 29.5 Å². The Kier molecular flexibility index (Phi) is 7.57. The van der Waals surface area contributed by atoms with Gasteiger partial charge >= 0.3 is 0 Å². The fraction of sp³-hybridized carbons (Fsp3) is 0.647. The van der Waals surface area contributed by atoms with Crippen LogP contribution in [0.5, 0.6) is 5.75 Å². The smallest absolute Gasteiger partial charge is 0.122 e. The summed E-state index contributed by atoms with van der Waals surface area (Å²) in [6.07, 6.45) is 6.81. The standard InChI is InChI=1S/C17H28O2/c1-14(2)15-10-11-17(19-3)16(13-15)9-7-5-4-6-8-12-18/h10-11,13-14,18H,4-9,12H2,1-3H3. The molecule has 0 heterocycles. The molecule has 0 unspecified atom stereocenters. The Morgan fingerprint density at radius 2 is 1.74 bits per heavy atom. The number of aryl methyl sites for hydroxylation is 1. The van der Waals surface area contributed by atoms with Gasteiger partial charge in [-0.3, -0.25) is 0 Å². The maximum atomic E-state index is 8.74. The Hall–Kier alpha value is -1.02. The Labute approximate surface area is 117 Å². The van der Waals surface area contributed by atoms with Gasteiger partial charge in [0.1, 0.15) is 5.75 Å². The SMILES string of the molecule is COc1ccc(C(C)C)cc1CCCCCCCO. The Morgan fingerprint density at radius 1 is 1.05 bits per heavy atom. The molecule has 0 saturated carbocycles. The van der Waals surface area contributed by atoms with Gasteiger partial charge < -0.3 is 9.84 Å². The summed E-state index contributed by atoms with van der Waals surface area (Å²) in [5.41, 5.74) is 2.71. The third-order valence-corrected chi connectivity index (χ3v) is 3.58.